The van der Waals surface area contributed by atoms with E-state index >= 15 is 0 Å². The van der Waals surface area contributed by atoms with Crippen LogP contribution in [0.15, 0.2) is 42.6 Å². The average molecular weight is 369 g/mol. The van der Waals surface area contributed by atoms with Gasteiger partial charge in [0, 0.05) is 25.8 Å². The molecule has 0 bridgehead atoms. The number of ether oxygens (including phenoxy) is 2. The number of likely N-dealkylation sites (tertiary alicyclic amines) is 1. The third kappa shape index (κ3) is 4.98. The Morgan fingerprint density at radius 1 is 1.22 bits per heavy atom. The average Bonchev–Trinajstić information content (AvgIpc) is 2.72. The maximum absolute atomic E-state index is 12.6. The van der Waals surface area contributed by atoms with Gasteiger partial charge in [-0.3, -0.25) is 14.7 Å². The lowest BCUT2D eigenvalue weighted by Crippen LogP contribution is -2.40. The molecule has 3 rings (SSSR count). The number of hydrogen-bond donors (Lipinski definition) is 1. The second kappa shape index (κ2) is 9.37. The van der Waals surface area contributed by atoms with E-state index in [4.69, 9.17) is 9.47 Å². The van der Waals surface area contributed by atoms with Crippen LogP contribution in [-0.4, -0.2) is 49.6 Å². The van der Waals surface area contributed by atoms with Crippen LogP contribution in [0.25, 0.3) is 0 Å². The van der Waals surface area contributed by atoms with Gasteiger partial charge in [-0.05, 0) is 49.6 Å². The Balaban J connectivity index is 1.56. The molecule has 1 N–H and O–H groups in total. The molecule has 6 heteroatoms. The summed E-state index contributed by atoms with van der Waals surface area (Å²) < 4.78 is 10.6. The van der Waals surface area contributed by atoms with Crippen molar-refractivity contribution in [3.8, 4) is 11.5 Å². The van der Waals surface area contributed by atoms with E-state index < -0.39 is 0 Å². The molecule has 0 saturated carbocycles. The summed E-state index contributed by atoms with van der Waals surface area (Å²) in [6.45, 7) is 3.55. The molecule has 0 unspecified atom stereocenters. The van der Waals surface area contributed by atoms with Crippen molar-refractivity contribution in [3.63, 3.8) is 0 Å². The van der Waals surface area contributed by atoms with E-state index in [1.54, 1.807) is 32.4 Å². The molecular formula is C21H27N3O3. The van der Waals surface area contributed by atoms with Gasteiger partial charge < -0.3 is 14.8 Å². The highest BCUT2D eigenvalue weighted by molar-refractivity contribution is 5.97. The molecule has 27 heavy (non-hydrogen) atoms. The van der Waals surface area contributed by atoms with Crippen LogP contribution in [0.5, 0.6) is 11.5 Å². The van der Waals surface area contributed by atoms with Crippen molar-refractivity contribution in [2.75, 3.05) is 33.9 Å². The van der Waals surface area contributed by atoms with Crippen molar-refractivity contribution in [2.24, 2.45) is 5.92 Å². The molecule has 2 heterocycles. The molecule has 144 valence electrons. The summed E-state index contributed by atoms with van der Waals surface area (Å²) >= 11 is 0. The first kappa shape index (κ1) is 19.2. The van der Waals surface area contributed by atoms with Crippen molar-refractivity contribution in [3.05, 3.63) is 53.9 Å². The molecule has 2 aromatic rings. The van der Waals surface area contributed by atoms with Gasteiger partial charge in [-0.2, -0.15) is 0 Å². The molecule has 1 fully saturated rings. The Bertz CT molecular complexity index is 752. The Kier molecular flexibility index (Phi) is 6.65. The fourth-order valence-electron chi connectivity index (χ4n) is 3.58. The number of pyridine rings is 1. The number of benzene rings is 1. The highest BCUT2D eigenvalue weighted by atomic mass is 16.5. The second-order valence-corrected chi connectivity index (χ2v) is 6.82. The molecule has 1 saturated heterocycles. The van der Waals surface area contributed by atoms with E-state index in [2.05, 4.69) is 21.3 Å². The van der Waals surface area contributed by atoms with Crippen LogP contribution in [0.2, 0.25) is 0 Å². The number of carbonyl (C=O) groups is 1. The van der Waals surface area contributed by atoms with E-state index in [1.807, 2.05) is 18.3 Å². The number of carbonyl (C=O) groups excluding carboxylic acids is 1. The smallest absolute Gasteiger partial charge is 0.255 e. The van der Waals surface area contributed by atoms with Crippen molar-refractivity contribution in [1.82, 2.24) is 15.2 Å². The van der Waals surface area contributed by atoms with E-state index in [9.17, 15) is 4.79 Å². The maximum Gasteiger partial charge on any atom is 0.255 e. The standard InChI is InChI=1S/C21H27N3O3/c1-26-19-10-5-9-18(20(19)27-2)21(25)23-13-16-7-6-12-24(14-16)15-17-8-3-4-11-22-17/h3-5,8-11,16H,6-7,12-15H2,1-2H3,(H,23,25)/t16-/m0/s1. The maximum atomic E-state index is 12.6. The topological polar surface area (TPSA) is 63.7 Å². The molecular weight excluding hydrogens is 342 g/mol. The first-order valence-corrected chi connectivity index (χ1v) is 9.32. The minimum absolute atomic E-state index is 0.132. The van der Waals surface area contributed by atoms with E-state index in [0.717, 1.165) is 38.2 Å². The van der Waals surface area contributed by atoms with E-state index in [0.29, 0.717) is 29.5 Å². The van der Waals surface area contributed by atoms with Gasteiger partial charge in [-0.1, -0.05) is 12.1 Å². The van der Waals surface area contributed by atoms with Crippen molar-refractivity contribution < 1.29 is 14.3 Å². The van der Waals surface area contributed by atoms with Crippen LogP contribution in [0.4, 0.5) is 0 Å². The summed E-state index contributed by atoms with van der Waals surface area (Å²) in [6.07, 6.45) is 4.09. The molecule has 1 aromatic carbocycles. The predicted molar refractivity (Wildman–Crippen MR) is 104 cm³/mol. The number of rotatable bonds is 7. The number of nitrogens with one attached hydrogen (secondary N) is 1. The fourth-order valence-corrected chi connectivity index (χ4v) is 3.58. The Hall–Kier alpha value is -2.60. The van der Waals surface area contributed by atoms with Gasteiger partial charge in [0.2, 0.25) is 0 Å². The van der Waals surface area contributed by atoms with Crippen LogP contribution >= 0.6 is 0 Å². The Labute approximate surface area is 160 Å². The van der Waals surface area contributed by atoms with Crippen LogP contribution in [0.3, 0.4) is 0 Å². The number of hydrogen-bond acceptors (Lipinski definition) is 5. The molecule has 1 amide bonds. The molecule has 1 aromatic heterocycles. The summed E-state index contributed by atoms with van der Waals surface area (Å²) in [5, 5.41) is 3.06. The molecule has 0 radical (unpaired) electrons. The van der Waals surface area contributed by atoms with Crippen molar-refractivity contribution in [2.45, 2.75) is 19.4 Å². The highest BCUT2D eigenvalue weighted by Gasteiger charge is 2.22. The lowest BCUT2D eigenvalue weighted by Gasteiger charge is -2.32. The first-order valence-electron chi connectivity index (χ1n) is 9.32. The van der Waals surface area contributed by atoms with Crippen LogP contribution < -0.4 is 14.8 Å². The summed E-state index contributed by atoms with van der Waals surface area (Å²) in [7, 11) is 3.11. The number of nitrogens with zero attached hydrogens (tertiary/aromatic N) is 2. The monoisotopic (exact) mass is 369 g/mol. The van der Waals surface area contributed by atoms with Crippen LogP contribution in [0, 0.1) is 5.92 Å². The summed E-state index contributed by atoms with van der Waals surface area (Å²) in [4.78, 5) is 19.5. The molecule has 0 aliphatic carbocycles. The fraction of sp³-hybridized carbons (Fsp3) is 0.429. The van der Waals surface area contributed by atoms with Gasteiger partial charge in [0.25, 0.3) is 5.91 Å². The summed E-state index contributed by atoms with van der Waals surface area (Å²) in [5.41, 5.74) is 1.58. The third-order valence-electron chi connectivity index (χ3n) is 4.91. The van der Waals surface area contributed by atoms with Gasteiger partial charge in [0.05, 0.1) is 25.5 Å². The predicted octanol–water partition coefficient (Wildman–Crippen LogP) is 2.74. The summed E-state index contributed by atoms with van der Waals surface area (Å²) in [6, 6.07) is 11.3. The SMILES string of the molecule is COc1cccc(C(=O)NC[C@@H]2CCCN(Cc3ccccn3)C2)c1OC. The first-order chi connectivity index (χ1) is 13.2. The number of aromatic nitrogens is 1. The number of amides is 1. The minimum atomic E-state index is -0.132. The lowest BCUT2D eigenvalue weighted by atomic mass is 9.97. The van der Waals surface area contributed by atoms with Gasteiger partial charge in [0.1, 0.15) is 0 Å². The normalized spacial score (nSPS) is 17.3. The minimum Gasteiger partial charge on any atom is -0.493 e. The third-order valence-corrected chi connectivity index (χ3v) is 4.91. The molecule has 1 aliphatic rings. The van der Waals surface area contributed by atoms with E-state index in [-0.39, 0.29) is 5.91 Å². The number of piperidine rings is 1. The van der Waals surface area contributed by atoms with Gasteiger partial charge in [0.15, 0.2) is 11.5 Å². The highest BCUT2D eigenvalue weighted by Crippen LogP contribution is 2.30. The van der Waals surface area contributed by atoms with Crippen LogP contribution in [0.1, 0.15) is 28.9 Å². The largest absolute Gasteiger partial charge is 0.493 e. The zero-order valence-electron chi connectivity index (χ0n) is 16.0. The second-order valence-electron chi connectivity index (χ2n) is 6.82. The molecule has 0 spiro atoms. The molecule has 1 atom stereocenters. The van der Waals surface area contributed by atoms with Gasteiger partial charge >= 0.3 is 0 Å². The quantitative estimate of drug-likeness (QED) is 0.813. The molecule has 1 aliphatic heterocycles. The summed E-state index contributed by atoms with van der Waals surface area (Å²) in [5.74, 6) is 1.33. The Morgan fingerprint density at radius 2 is 2.11 bits per heavy atom. The van der Waals surface area contributed by atoms with Crippen molar-refractivity contribution in [1.29, 1.82) is 0 Å². The zero-order valence-corrected chi connectivity index (χ0v) is 16.0. The number of para-hydroxylation sites is 1. The van der Waals surface area contributed by atoms with E-state index in [1.165, 1.54) is 0 Å². The van der Waals surface area contributed by atoms with Gasteiger partial charge in [-0.25, -0.2) is 0 Å². The lowest BCUT2D eigenvalue weighted by molar-refractivity contribution is 0.0926. The van der Waals surface area contributed by atoms with Gasteiger partial charge in [-0.15, -0.1) is 0 Å². The van der Waals surface area contributed by atoms with Crippen molar-refractivity contribution >= 4 is 5.91 Å². The van der Waals surface area contributed by atoms with Crippen LogP contribution in [-0.2, 0) is 6.54 Å². The zero-order chi connectivity index (χ0) is 19.1. The molecule has 6 nitrogen and oxygen atoms in total. The number of methoxy groups -OCH3 is 2. The Morgan fingerprint density at radius 3 is 2.85 bits per heavy atom.